The third-order valence-electron chi connectivity index (χ3n) is 4.27. The summed E-state index contributed by atoms with van der Waals surface area (Å²) in [6.07, 6.45) is 0.318. The summed E-state index contributed by atoms with van der Waals surface area (Å²) in [5.41, 5.74) is 0. The van der Waals surface area contributed by atoms with Crippen molar-refractivity contribution in [3.63, 3.8) is 0 Å². The number of aliphatic hydroxyl groups is 1. The lowest BCUT2D eigenvalue weighted by molar-refractivity contribution is 0.152. The van der Waals surface area contributed by atoms with Crippen molar-refractivity contribution in [1.29, 1.82) is 0 Å². The van der Waals surface area contributed by atoms with Crippen LogP contribution in [0.3, 0.4) is 0 Å². The van der Waals surface area contributed by atoms with Gasteiger partial charge in [-0.3, -0.25) is 0 Å². The molecule has 0 fully saturated rings. The fourth-order valence-corrected chi connectivity index (χ4v) is 7.72. The van der Waals surface area contributed by atoms with Crippen molar-refractivity contribution >= 4 is 18.7 Å². The Morgan fingerprint density at radius 2 is 1.35 bits per heavy atom. The Bertz CT molecular complexity index is 549. The summed E-state index contributed by atoms with van der Waals surface area (Å²) in [6.45, 7) is 9.18. The summed E-state index contributed by atoms with van der Waals surface area (Å²) < 4.78 is 6.66. The van der Waals surface area contributed by atoms with Gasteiger partial charge in [-0.05, 0) is 28.8 Å². The van der Waals surface area contributed by atoms with E-state index in [1.54, 1.807) is 0 Å². The van der Waals surface area contributed by atoms with Crippen LogP contribution in [0.2, 0.25) is 5.04 Å². The summed E-state index contributed by atoms with van der Waals surface area (Å²) in [4.78, 5) is 0. The molecular formula is C20H28O2Si. The van der Waals surface area contributed by atoms with Gasteiger partial charge in [-0.25, -0.2) is 0 Å². The van der Waals surface area contributed by atoms with E-state index >= 15 is 0 Å². The van der Waals surface area contributed by atoms with Gasteiger partial charge >= 0.3 is 0 Å². The SMILES string of the molecule is CC(O)CCO[Si](c1ccccc1)(c1ccccc1)C(C)(C)C. The maximum Gasteiger partial charge on any atom is 0.261 e. The number of rotatable bonds is 6. The first-order chi connectivity index (χ1) is 10.9. The van der Waals surface area contributed by atoms with Crippen molar-refractivity contribution in [2.45, 2.75) is 45.3 Å². The molecule has 0 radical (unpaired) electrons. The highest BCUT2D eigenvalue weighted by Crippen LogP contribution is 2.36. The zero-order chi connectivity index (χ0) is 16.9. The van der Waals surface area contributed by atoms with Crippen molar-refractivity contribution < 1.29 is 9.53 Å². The number of benzene rings is 2. The second-order valence-electron chi connectivity index (χ2n) is 7.15. The largest absolute Gasteiger partial charge is 0.407 e. The molecule has 0 amide bonds. The van der Waals surface area contributed by atoms with Gasteiger partial charge < -0.3 is 9.53 Å². The molecule has 0 aliphatic heterocycles. The average molecular weight is 329 g/mol. The Hall–Kier alpha value is -1.42. The van der Waals surface area contributed by atoms with Gasteiger partial charge in [-0.1, -0.05) is 81.4 Å². The van der Waals surface area contributed by atoms with Crippen LogP contribution in [0.25, 0.3) is 0 Å². The lowest BCUT2D eigenvalue weighted by Crippen LogP contribution is -2.66. The predicted octanol–water partition coefficient (Wildman–Crippen LogP) is 3.33. The summed E-state index contributed by atoms with van der Waals surface area (Å²) >= 11 is 0. The minimum absolute atomic E-state index is 0.00556. The molecule has 2 nitrogen and oxygen atoms in total. The van der Waals surface area contributed by atoms with Crippen LogP contribution in [0.15, 0.2) is 60.7 Å². The molecule has 0 saturated carbocycles. The first-order valence-corrected chi connectivity index (χ1v) is 10.2. The zero-order valence-corrected chi connectivity index (χ0v) is 15.6. The molecule has 0 aliphatic carbocycles. The van der Waals surface area contributed by atoms with Gasteiger partial charge in [0, 0.05) is 6.61 Å². The highest BCUT2D eigenvalue weighted by Gasteiger charge is 2.49. The molecule has 0 saturated heterocycles. The second-order valence-corrected chi connectivity index (χ2v) is 11.5. The normalized spacial score (nSPS) is 13.8. The molecule has 124 valence electrons. The van der Waals surface area contributed by atoms with Crippen molar-refractivity contribution in [2.75, 3.05) is 6.61 Å². The monoisotopic (exact) mass is 328 g/mol. The van der Waals surface area contributed by atoms with Crippen LogP contribution >= 0.6 is 0 Å². The quantitative estimate of drug-likeness (QED) is 0.824. The number of hydrogen-bond acceptors (Lipinski definition) is 2. The summed E-state index contributed by atoms with van der Waals surface area (Å²) in [5.74, 6) is 0. The molecule has 0 bridgehead atoms. The minimum atomic E-state index is -2.43. The molecular weight excluding hydrogens is 300 g/mol. The molecule has 2 rings (SSSR count). The average Bonchev–Trinajstić information content (AvgIpc) is 2.52. The van der Waals surface area contributed by atoms with Crippen LogP contribution in [-0.2, 0) is 4.43 Å². The van der Waals surface area contributed by atoms with E-state index in [-0.39, 0.29) is 11.1 Å². The maximum absolute atomic E-state index is 9.63. The second kappa shape index (κ2) is 7.43. The Morgan fingerprint density at radius 3 is 1.70 bits per heavy atom. The predicted molar refractivity (Wildman–Crippen MR) is 99.9 cm³/mol. The number of aliphatic hydroxyl groups excluding tert-OH is 1. The Labute approximate surface area is 141 Å². The molecule has 2 aromatic carbocycles. The maximum atomic E-state index is 9.63. The van der Waals surface area contributed by atoms with E-state index in [0.717, 1.165) is 0 Å². The van der Waals surface area contributed by atoms with E-state index in [2.05, 4.69) is 69.3 Å². The van der Waals surface area contributed by atoms with Crippen LogP contribution < -0.4 is 10.4 Å². The van der Waals surface area contributed by atoms with Gasteiger partial charge in [-0.2, -0.15) is 0 Å². The van der Waals surface area contributed by atoms with Gasteiger partial charge in [0.1, 0.15) is 0 Å². The molecule has 0 spiro atoms. The molecule has 1 unspecified atom stereocenters. The van der Waals surface area contributed by atoms with Crippen LogP contribution in [0.1, 0.15) is 34.1 Å². The van der Waals surface area contributed by atoms with E-state index < -0.39 is 8.32 Å². The highest BCUT2D eigenvalue weighted by atomic mass is 28.4. The van der Waals surface area contributed by atoms with E-state index in [9.17, 15) is 5.11 Å². The zero-order valence-electron chi connectivity index (χ0n) is 14.6. The minimum Gasteiger partial charge on any atom is -0.407 e. The van der Waals surface area contributed by atoms with Gasteiger partial charge in [-0.15, -0.1) is 0 Å². The Balaban J connectivity index is 2.55. The molecule has 0 aliphatic rings. The lowest BCUT2D eigenvalue weighted by atomic mass is 10.2. The van der Waals surface area contributed by atoms with Crippen molar-refractivity contribution in [2.24, 2.45) is 0 Å². The first kappa shape index (κ1) is 17.9. The molecule has 23 heavy (non-hydrogen) atoms. The smallest absolute Gasteiger partial charge is 0.261 e. The summed E-state index contributed by atoms with van der Waals surface area (Å²) in [7, 11) is -2.43. The van der Waals surface area contributed by atoms with Crippen LogP contribution in [0.5, 0.6) is 0 Å². The fraction of sp³-hybridized carbons (Fsp3) is 0.400. The van der Waals surface area contributed by atoms with Crippen molar-refractivity contribution in [3.05, 3.63) is 60.7 Å². The van der Waals surface area contributed by atoms with Gasteiger partial charge in [0.15, 0.2) is 0 Å². The standard InChI is InChI=1S/C20H28O2Si/c1-17(21)15-16-22-23(20(2,3)4,18-11-7-5-8-12-18)19-13-9-6-10-14-19/h5-14,17,21H,15-16H2,1-4H3. The van der Waals surface area contributed by atoms with Crippen molar-refractivity contribution in [1.82, 2.24) is 0 Å². The third kappa shape index (κ3) is 3.92. The van der Waals surface area contributed by atoms with Gasteiger partial charge in [0.2, 0.25) is 0 Å². The summed E-state index contributed by atoms with van der Waals surface area (Å²) in [5, 5.41) is 12.2. The Morgan fingerprint density at radius 1 is 0.913 bits per heavy atom. The topological polar surface area (TPSA) is 29.5 Å². The first-order valence-electron chi connectivity index (χ1n) is 8.31. The highest BCUT2D eigenvalue weighted by molar-refractivity contribution is 6.99. The molecule has 1 atom stereocenters. The van der Waals surface area contributed by atoms with Crippen molar-refractivity contribution in [3.8, 4) is 0 Å². The molecule has 1 N–H and O–H groups in total. The molecule has 0 aromatic heterocycles. The van der Waals surface area contributed by atoms with E-state index in [1.165, 1.54) is 10.4 Å². The lowest BCUT2D eigenvalue weighted by Gasteiger charge is -2.43. The Kier molecular flexibility index (Phi) is 5.79. The van der Waals surface area contributed by atoms with E-state index in [4.69, 9.17) is 4.43 Å². The molecule has 0 heterocycles. The molecule has 3 heteroatoms. The van der Waals surface area contributed by atoms with Gasteiger partial charge in [0.05, 0.1) is 6.10 Å². The number of hydrogen-bond donors (Lipinski definition) is 1. The van der Waals surface area contributed by atoms with Crippen LogP contribution in [0.4, 0.5) is 0 Å². The van der Waals surface area contributed by atoms with Crippen LogP contribution in [0, 0.1) is 0 Å². The summed E-state index contributed by atoms with van der Waals surface area (Å²) in [6, 6.07) is 21.2. The van der Waals surface area contributed by atoms with E-state index in [1.807, 2.05) is 19.1 Å². The van der Waals surface area contributed by atoms with Gasteiger partial charge in [0.25, 0.3) is 8.32 Å². The van der Waals surface area contributed by atoms with E-state index in [0.29, 0.717) is 13.0 Å². The fourth-order valence-electron chi connectivity index (χ4n) is 3.14. The molecule has 2 aromatic rings. The van der Waals surface area contributed by atoms with Crippen LogP contribution in [-0.4, -0.2) is 26.1 Å². The third-order valence-corrected chi connectivity index (χ3v) is 9.31.